The van der Waals surface area contributed by atoms with Gasteiger partial charge in [-0.1, -0.05) is 18.2 Å². The summed E-state index contributed by atoms with van der Waals surface area (Å²) in [5, 5.41) is 6.88. The van der Waals surface area contributed by atoms with Crippen LogP contribution in [0.1, 0.15) is 33.2 Å². The summed E-state index contributed by atoms with van der Waals surface area (Å²) in [4.78, 5) is 24.5. The molecule has 0 aliphatic rings. The first-order chi connectivity index (χ1) is 15.4. The van der Waals surface area contributed by atoms with E-state index >= 15 is 0 Å². The summed E-state index contributed by atoms with van der Waals surface area (Å²) in [6, 6.07) is 10.9. The number of hydrogen-bond donors (Lipinski definition) is 1. The Morgan fingerprint density at radius 2 is 1.94 bits per heavy atom. The molecular weight excluding hydrogens is 424 g/mol. The zero-order chi connectivity index (χ0) is 23.1. The van der Waals surface area contributed by atoms with E-state index in [0.717, 1.165) is 0 Å². The molecule has 0 aliphatic carbocycles. The van der Waals surface area contributed by atoms with Gasteiger partial charge < -0.3 is 19.5 Å². The number of hydrogen-bond acceptors (Lipinski definition) is 6. The van der Waals surface area contributed by atoms with E-state index in [1.807, 2.05) is 0 Å². The molecule has 1 heterocycles. The lowest BCUT2D eigenvalue weighted by Crippen LogP contribution is -2.12. The Labute approximate surface area is 182 Å². The van der Waals surface area contributed by atoms with Crippen molar-refractivity contribution in [2.75, 3.05) is 19.0 Å². The van der Waals surface area contributed by atoms with Crippen molar-refractivity contribution in [3.63, 3.8) is 0 Å². The highest BCUT2D eigenvalue weighted by Crippen LogP contribution is 2.30. The SMILES string of the molecule is CCOc1cc(C(=O)Nc2cnn(Cc3ccccc3C(=O)OC)c2)ccc1OC(F)F. The van der Waals surface area contributed by atoms with Crippen LogP contribution >= 0.6 is 0 Å². The highest BCUT2D eigenvalue weighted by molar-refractivity contribution is 6.04. The molecule has 3 rings (SSSR count). The van der Waals surface area contributed by atoms with Gasteiger partial charge in [0.15, 0.2) is 11.5 Å². The second-order valence-electron chi connectivity index (χ2n) is 6.50. The Bertz CT molecular complexity index is 1100. The van der Waals surface area contributed by atoms with Crippen LogP contribution in [-0.4, -0.2) is 42.0 Å². The number of methoxy groups -OCH3 is 1. The first-order valence-corrected chi connectivity index (χ1v) is 9.63. The van der Waals surface area contributed by atoms with Gasteiger partial charge in [0, 0.05) is 11.8 Å². The third kappa shape index (κ3) is 5.60. The number of alkyl halides is 2. The van der Waals surface area contributed by atoms with Gasteiger partial charge in [0.2, 0.25) is 0 Å². The van der Waals surface area contributed by atoms with Gasteiger partial charge >= 0.3 is 12.6 Å². The first-order valence-electron chi connectivity index (χ1n) is 9.63. The van der Waals surface area contributed by atoms with Crippen LogP contribution in [0.25, 0.3) is 0 Å². The van der Waals surface area contributed by atoms with E-state index < -0.39 is 18.5 Å². The molecule has 0 atom stereocenters. The van der Waals surface area contributed by atoms with Crippen LogP contribution in [0.15, 0.2) is 54.9 Å². The Hall–Kier alpha value is -3.95. The van der Waals surface area contributed by atoms with Crippen molar-refractivity contribution in [3.05, 3.63) is 71.5 Å². The minimum Gasteiger partial charge on any atom is -0.490 e. The molecule has 168 valence electrons. The Balaban J connectivity index is 1.73. The number of halogens is 2. The molecule has 3 aromatic rings. The monoisotopic (exact) mass is 445 g/mol. The van der Waals surface area contributed by atoms with Crippen molar-refractivity contribution >= 4 is 17.6 Å². The Morgan fingerprint density at radius 3 is 2.66 bits per heavy atom. The first kappa shape index (κ1) is 22.7. The van der Waals surface area contributed by atoms with E-state index in [1.165, 1.54) is 31.5 Å². The van der Waals surface area contributed by atoms with Crippen LogP contribution in [0.2, 0.25) is 0 Å². The number of amides is 1. The fourth-order valence-electron chi connectivity index (χ4n) is 2.97. The molecule has 2 aromatic carbocycles. The summed E-state index contributed by atoms with van der Waals surface area (Å²) in [6.07, 6.45) is 3.06. The number of carbonyl (C=O) groups excluding carboxylic acids is 2. The molecule has 0 unspecified atom stereocenters. The van der Waals surface area contributed by atoms with Gasteiger partial charge in [-0.15, -0.1) is 0 Å². The summed E-state index contributed by atoms with van der Waals surface area (Å²) in [7, 11) is 1.31. The highest BCUT2D eigenvalue weighted by atomic mass is 19.3. The molecule has 10 heteroatoms. The Kier molecular flexibility index (Phi) is 7.37. The molecule has 32 heavy (non-hydrogen) atoms. The average molecular weight is 445 g/mol. The molecule has 1 aromatic heterocycles. The quantitative estimate of drug-likeness (QED) is 0.501. The van der Waals surface area contributed by atoms with Crippen molar-refractivity contribution in [3.8, 4) is 11.5 Å². The summed E-state index contributed by atoms with van der Waals surface area (Å²) < 4.78 is 41.1. The molecule has 0 fully saturated rings. The molecule has 1 amide bonds. The summed E-state index contributed by atoms with van der Waals surface area (Å²) in [5.74, 6) is -1.05. The molecule has 8 nitrogen and oxygen atoms in total. The van der Waals surface area contributed by atoms with E-state index in [1.54, 1.807) is 42.1 Å². The van der Waals surface area contributed by atoms with Crippen molar-refractivity contribution in [2.24, 2.45) is 0 Å². The summed E-state index contributed by atoms with van der Waals surface area (Å²) in [6.45, 7) is -0.824. The lowest BCUT2D eigenvalue weighted by molar-refractivity contribution is -0.0514. The van der Waals surface area contributed by atoms with Gasteiger partial charge in [-0.25, -0.2) is 4.79 Å². The summed E-state index contributed by atoms with van der Waals surface area (Å²) in [5.41, 5.74) is 1.73. The van der Waals surface area contributed by atoms with Gasteiger partial charge in [-0.05, 0) is 36.8 Å². The van der Waals surface area contributed by atoms with Crippen LogP contribution in [-0.2, 0) is 11.3 Å². The normalized spacial score (nSPS) is 10.7. The van der Waals surface area contributed by atoms with Gasteiger partial charge in [0.05, 0.1) is 37.7 Å². The third-order valence-electron chi connectivity index (χ3n) is 4.37. The van der Waals surface area contributed by atoms with Crippen molar-refractivity contribution in [2.45, 2.75) is 20.1 Å². The maximum absolute atomic E-state index is 12.6. The number of nitrogens with one attached hydrogen (secondary N) is 1. The van der Waals surface area contributed by atoms with E-state index in [4.69, 9.17) is 9.47 Å². The topological polar surface area (TPSA) is 91.7 Å². The number of rotatable bonds is 9. The van der Waals surface area contributed by atoms with Gasteiger partial charge in [-0.3, -0.25) is 9.48 Å². The van der Waals surface area contributed by atoms with Crippen LogP contribution in [0.4, 0.5) is 14.5 Å². The number of anilines is 1. The second kappa shape index (κ2) is 10.4. The van der Waals surface area contributed by atoms with E-state index in [-0.39, 0.29) is 30.2 Å². The minimum atomic E-state index is -3.01. The molecule has 0 saturated heterocycles. The van der Waals surface area contributed by atoms with Crippen LogP contribution in [0.3, 0.4) is 0 Å². The molecule has 0 bridgehead atoms. The fraction of sp³-hybridized carbons (Fsp3) is 0.227. The van der Waals surface area contributed by atoms with E-state index in [2.05, 4.69) is 15.2 Å². The average Bonchev–Trinajstić information content (AvgIpc) is 3.21. The van der Waals surface area contributed by atoms with Crippen LogP contribution in [0, 0.1) is 0 Å². The smallest absolute Gasteiger partial charge is 0.387 e. The Morgan fingerprint density at radius 1 is 1.16 bits per heavy atom. The maximum Gasteiger partial charge on any atom is 0.387 e. The number of ether oxygens (including phenoxy) is 3. The van der Waals surface area contributed by atoms with E-state index in [9.17, 15) is 18.4 Å². The summed E-state index contributed by atoms with van der Waals surface area (Å²) >= 11 is 0. The van der Waals surface area contributed by atoms with Crippen molar-refractivity contribution < 1.29 is 32.6 Å². The zero-order valence-electron chi connectivity index (χ0n) is 17.4. The third-order valence-corrected chi connectivity index (χ3v) is 4.37. The fourth-order valence-corrected chi connectivity index (χ4v) is 2.97. The molecule has 0 aliphatic heterocycles. The lowest BCUT2D eigenvalue weighted by atomic mass is 10.1. The van der Waals surface area contributed by atoms with Crippen LogP contribution < -0.4 is 14.8 Å². The minimum absolute atomic E-state index is 0.0376. The maximum atomic E-state index is 12.6. The lowest BCUT2D eigenvalue weighted by Gasteiger charge is -2.12. The predicted molar refractivity (Wildman–Crippen MR) is 111 cm³/mol. The molecule has 0 radical (unpaired) electrons. The highest BCUT2D eigenvalue weighted by Gasteiger charge is 2.16. The van der Waals surface area contributed by atoms with Gasteiger partial charge in [0.1, 0.15) is 0 Å². The number of carbonyl (C=O) groups is 2. The van der Waals surface area contributed by atoms with E-state index in [0.29, 0.717) is 16.8 Å². The number of aromatic nitrogens is 2. The predicted octanol–water partition coefficient (Wildman–Crippen LogP) is 3.97. The van der Waals surface area contributed by atoms with Crippen molar-refractivity contribution in [1.82, 2.24) is 9.78 Å². The van der Waals surface area contributed by atoms with Crippen molar-refractivity contribution in [1.29, 1.82) is 0 Å². The largest absolute Gasteiger partial charge is 0.490 e. The standard InChI is InChI=1S/C22H21F2N3O5/c1-3-31-19-10-14(8-9-18(19)32-22(23)24)20(28)26-16-11-25-27(13-16)12-15-6-4-5-7-17(15)21(29)30-2/h4-11,13,22H,3,12H2,1-2H3,(H,26,28). The zero-order valence-corrected chi connectivity index (χ0v) is 17.4. The molecule has 0 saturated carbocycles. The number of nitrogens with zero attached hydrogens (tertiary/aromatic N) is 2. The molecule has 1 N–H and O–H groups in total. The number of esters is 1. The van der Waals surface area contributed by atoms with Gasteiger partial charge in [0.25, 0.3) is 5.91 Å². The molecule has 0 spiro atoms. The molecular formula is C22H21F2N3O5. The number of benzene rings is 2. The van der Waals surface area contributed by atoms with Gasteiger partial charge in [-0.2, -0.15) is 13.9 Å². The van der Waals surface area contributed by atoms with Crippen LogP contribution in [0.5, 0.6) is 11.5 Å². The second-order valence-corrected chi connectivity index (χ2v) is 6.50.